The van der Waals surface area contributed by atoms with Crippen molar-refractivity contribution in [1.29, 1.82) is 0 Å². The number of amides is 1. The Morgan fingerprint density at radius 2 is 1.93 bits per heavy atom. The molecule has 0 unspecified atom stereocenters. The van der Waals surface area contributed by atoms with Gasteiger partial charge in [0.1, 0.15) is 0 Å². The van der Waals surface area contributed by atoms with E-state index in [2.05, 4.69) is 27.8 Å². The molecule has 0 saturated heterocycles. The maximum absolute atomic E-state index is 12.4. The molecule has 1 heterocycles. The first-order valence-electron chi connectivity index (χ1n) is 9.70. The molecule has 154 valence electrons. The molecule has 0 atom stereocenters. The highest BCUT2D eigenvalue weighted by molar-refractivity contribution is 5.92. The van der Waals surface area contributed by atoms with E-state index in [-0.39, 0.29) is 12.5 Å². The molecule has 0 radical (unpaired) electrons. The molecule has 1 amide bonds. The molecule has 28 heavy (non-hydrogen) atoms. The van der Waals surface area contributed by atoms with E-state index in [0.717, 1.165) is 25.2 Å². The summed E-state index contributed by atoms with van der Waals surface area (Å²) >= 11 is 0. The summed E-state index contributed by atoms with van der Waals surface area (Å²) < 4.78 is 12.9. The van der Waals surface area contributed by atoms with Crippen LogP contribution in [-0.2, 0) is 17.9 Å². The lowest BCUT2D eigenvalue weighted by Crippen LogP contribution is -2.31. The Kier molecular flexibility index (Phi) is 8.67. The first kappa shape index (κ1) is 21.6. The Balaban J connectivity index is 1.92. The Hall–Kier alpha value is -2.68. The van der Waals surface area contributed by atoms with Crippen LogP contribution in [0.3, 0.4) is 0 Å². The van der Waals surface area contributed by atoms with Gasteiger partial charge in [-0.1, -0.05) is 13.3 Å². The number of hydrogen-bond acceptors (Lipinski definition) is 7. The summed E-state index contributed by atoms with van der Waals surface area (Å²) in [6.07, 6.45) is 2.09. The average molecular weight is 390 g/mol. The van der Waals surface area contributed by atoms with Crippen LogP contribution in [0, 0.1) is 0 Å². The number of nitrogens with one attached hydrogen (secondary N) is 1. The van der Waals surface area contributed by atoms with Gasteiger partial charge in [0.2, 0.25) is 5.91 Å². The number of nitrogens with zero attached hydrogens (tertiary/aromatic N) is 5. The zero-order valence-corrected chi connectivity index (χ0v) is 17.1. The maximum atomic E-state index is 12.4. The average Bonchev–Trinajstić information content (AvgIpc) is 3.09. The van der Waals surface area contributed by atoms with Gasteiger partial charge in [0.15, 0.2) is 17.3 Å². The lowest BCUT2D eigenvalue weighted by Gasteiger charge is -2.17. The number of carbonyl (C=O) groups excluding carboxylic acids is 1. The van der Waals surface area contributed by atoms with Gasteiger partial charge in [0, 0.05) is 18.3 Å². The summed E-state index contributed by atoms with van der Waals surface area (Å²) in [6, 6.07) is 5.38. The number of aromatic nitrogens is 4. The minimum Gasteiger partial charge on any atom is -0.490 e. The summed E-state index contributed by atoms with van der Waals surface area (Å²) in [7, 11) is 1.86. The van der Waals surface area contributed by atoms with Crippen molar-refractivity contribution in [2.75, 3.05) is 32.1 Å². The largest absolute Gasteiger partial charge is 0.490 e. The maximum Gasteiger partial charge on any atom is 0.238 e. The lowest BCUT2D eigenvalue weighted by atomic mass is 10.2. The number of tetrazole rings is 1. The molecule has 9 heteroatoms. The van der Waals surface area contributed by atoms with Gasteiger partial charge in [-0.15, -0.1) is 5.10 Å². The van der Waals surface area contributed by atoms with Gasteiger partial charge in [0.05, 0.1) is 26.3 Å². The molecular weight excluding hydrogens is 360 g/mol. The monoisotopic (exact) mass is 390 g/mol. The number of carbonyl (C=O) groups is 1. The van der Waals surface area contributed by atoms with Crippen LogP contribution in [0.25, 0.3) is 0 Å². The number of ether oxygens (including phenoxy) is 2. The van der Waals surface area contributed by atoms with Crippen molar-refractivity contribution < 1.29 is 14.3 Å². The minimum absolute atomic E-state index is 0.123. The van der Waals surface area contributed by atoms with E-state index < -0.39 is 0 Å². The number of likely N-dealkylation sites (N-methyl/N-ethyl adjacent to an activating group) is 1. The molecule has 0 spiro atoms. The van der Waals surface area contributed by atoms with Gasteiger partial charge < -0.3 is 14.8 Å². The predicted molar refractivity (Wildman–Crippen MR) is 106 cm³/mol. The molecule has 0 saturated carbocycles. The lowest BCUT2D eigenvalue weighted by molar-refractivity contribution is -0.117. The third-order valence-electron chi connectivity index (χ3n) is 3.98. The van der Waals surface area contributed by atoms with E-state index in [9.17, 15) is 4.79 Å². The number of rotatable bonds is 12. The van der Waals surface area contributed by atoms with Crippen LogP contribution in [0.15, 0.2) is 18.2 Å². The summed E-state index contributed by atoms with van der Waals surface area (Å²) in [5.41, 5.74) is 0.665. The smallest absolute Gasteiger partial charge is 0.238 e. The number of anilines is 1. The van der Waals surface area contributed by atoms with Crippen molar-refractivity contribution in [1.82, 2.24) is 25.1 Å². The second-order valence-corrected chi connectivity index (χ2v) is 6.42. The number of benzene rings is 1. The zero-order valence-electron chi connectivity index (χ0n) is 17.1. The first-order valence-corrected chi connectivity index (χ1v) is 9.70. The van der Waals surface area contributed by atoms with Gasteiger partial charge in [-0.25, -0.2) is 4.68 Å². The summed E-state index contributed by atoms with van der Waals surface area (Å²) in [5.74, 6) is 1.91. The molecule has 2 rings (SSSR count). The van der Waals surface area contributed by atoms with Crippen LogP contribution in [0.5, 0.6) is 11.5 Å². The SMILES string of the molecule is CCCCn1nnnc1CN(C)CC(=O)Nc1ccc(OCC)c(OCC)c1. The van der Waals surface area contributed by atoms with E-state index >= 15 is 0 Å². The van der Waals surface area contributed by atoms with E-state index in [1.54, 1.807) is 22.9 Å². The molecule has 0 aliphatic heterocycles. The normalized spacial score (nSPS) is 10.9. The standard InChI is InChI=1S/C19H30N6O3/c1-5-8-11-25-18(21-22-23-25)13-24(4)14-19(26)20-15-9-10-16(27-6-2)17(12-15)28-7-3/h9-10,12H,5-8,11,13-14H2,1-4H3,(H,20,26). The van der Waals surface area contributed by atoms with Crippen molar-refractivity contribution in [3.63, 3.8) is 0 Å². The van der Waals surface area contributed by atoms with E-state index in [1.807, 2.05) is 25.8 Å². The topological polar surface area (TPSA) is 94.4 Å². The van der Waals surface area contributed by atoms with Crippen LogP contribution < -0.4 is 14.8 Å². The number of aryl methyl sites for hydroxylation is 1. The Morgan fingerprint density at radius 3 is 2.64 bits per heavy atom. The van der Waals surface area contributed by atoms with Gasteiger partial charge in [0.25, 0.3) is 0 Å². The Morgan fingerprint density at radius 1 is 1.18 bits per heavy atom. The van der Waals surface area contributed by atoms with Gasteiger partial charge in [-0.3, -0.25) is 9.69 Å². The molecule has 1 aromatic heterocycles. The Labute approximate surface area is 166 Å². The van der Waals surface area contributed by atoms with Crippen LogP contribution in [0.2, 0.25) is 0 Å². The van der Waals surface area contributed by atoms with Gasteiger partial charge in [-0.2, -0.15) is 0 Å². The fraction of sp³-hybridized carbons (Fsp3) is 0.579. The highest BCUT2D eigenvalue weighted by Crippen LogP contribution is 2.30. The van der Waals surface area contributed by atoms with Crippen molar-refractivity contribution in [2.45, 2.75) is 46.7 Å². The molecule has 1 aromatic carbocycles. The molecule has 0 aliphatic rings. The van der Waals surface area contributed by atoms with Crippen molar-refractivity contribution in [3.05, 3.63) is 24.0 Å². The summed E-state index contributed by atoms with van der Waals surface area (Å²) in [5, 5.41) is 14.7. The highest BCUT2D eigenvalue weighted by atomic mass is 16.5. The fourth-order valence-corrected chi connectivity index (χ4v) is 2.69. The van der Waals surface area contributed by atoms with Crippen LogP contribution >= 0.6 is 0 Å². The molecule has 1 N–H and O–H groups in total. The predicted octanol–water partition coefficient (Wildman–Crippen LogP) is 2.34. The highest BCUT2D eigenvalue weighted by Gasteiger charge is 2.13. The first-order chi connectivity index (χ1) is 13.6. The van der Waals surface area contributed by atoms with Gasteiger partial charge in [-0.05, 0) is 49.9 Å². The molecule has 0 fully saturated rings. The van der Waals surface area contributed by atoms with E-state index in [0.29, 0.717) is 36.9 Å². The van der Waals surface area contributed by atoms with Crippen LogP contribution in [0.1, 0.15) is 39.4 Å². The van der Waals surface area contributed by atoms with Crippen LogP contribution in [-0.4, -0.2) is 57.8 Å². The number of unbranched alkanes of at least 4 members (excludes halogenated alkanes) is 1. The summed E-state index contributed by atoms with van der Waals surface area (Å²) in [6.45, 7) is 8.52. The van der Waals surface area contributed by atoms with Crippen molar-refractivity contribution in [3.8, 4) is 11.5 Å². The third kappa shape index (κ3) is 6.49. The molecular formula is C19H30N6O3. The fourth-order valence-electron chi connectivity index (χ4n) is 2.69. The van der Waals surface area contributed by atoms with E-state index in [4.69, 9.17) is 9.47 Å². The van der Waals surface area contributed by atoms with Gasteiger partial charge >= 0.3 is 0 Å². The van der Waals surface area contributed by atoms with Crippen molar-refractivity contribution >= 4 is 11.6 Å². The quantitative estimate of drug-likeness (QED) is 0.594. The molecule has 0 bridgehead atoms. The molecule has 0 aliphatic carbocycles. The second-order valence-electron chi connectivity index (χ2n) is 6.42. The zero-order chi connectivity index (χ0) is 20.4. The Bertz CT molecular complexity index is 749. The molecule has 2 aromatic rings. The second kappa shape index (κ2) is 11.2. The number of hydrogen-bond donors (Lipinski definition) is 1. The van der Waals surface area contributed by atoms with E-state index in [1.165, 1.54) is 0 Å². The summed E-state index contributed by atoms with van der Waals surface area (Å²) in [4.78, 5) is 14.3. The van der Waals surface area contributed by atoms with Crippen molar-refractivity contribution in [2.24, 2.45) is 0 Å². The minimum atomic E-state index is -0.123. The molecule has 9 nitrogen and oxygen atoms in total. The third-order valence-corrected chi connectivity index (χ3v) is 3.98. The van der Waals surface area contributed by atoms with Crippen LogP contribution in [0.4, 0.5) is 5.69 Å².